The Bertz CT molecular complexity index is 69.3. The lowest BCUT2D eigenvalue weighted by molar-refractivity contribution is 0.892. The molecule has 1 aliphatic heterocycles. The van der Waals surface area contributed by atoms with Gasteiger partial charge in [-0.25, -0.2) is 0 Å². The summed E-state index contributed by atoms with van der Waals surface area (Å²) in [4.78, 5) is 0. The second kappa shape index (κ2) is 4.51. The largest absolute Gasteiger partial charge is 0.160 e. The number of unbranched alkanes of at least 4 members (excludes halogenated alkanes) is 1. The maximum atomic E-state index is 2.26. The van der Waals surface area contributed by atoms with Crippen molar-refractivity contribution in [1.29, 1.82) is 0 Å². The summed E-state index contributed by atoms with van der Waals surface area (Å²) in [6.45, 7) is 2.26. The molecule has 9 heavy (non-hydrogen) atoms. The Hall–Kier alpha value is 0.700. The molecule has 0 nitrogen and oxygen atoms in total. The zero-order valence-corrected chi connectivity index (χ0v) is 7.56. The zero-order chi connectivity index (χ0) is 6.53. The molecule has 0 saturated carbocycles. The summed E-state index contributed by atoms with van der Waals surface area (Å²) in [7, 11) is 0. The van der Waals surface area contributed by atoms with E-state index in [2.05, 4.69) is 30.4 Å². The summed E-state index contributed by atoms with van der Waals surface area (Å²) in [5.74, 6) is 4.21. The van der Waals surface area contributed by atoms with Crippen LogP contribution in [0.15, 0.2) is 0 Å². The molecule has 0 spiro atoms. The minimum atomic E-state index is 1.02. The highest BCUT2D eigenvalue weighted by atomic mass is 32.2. The van der Waals surface area contributed by atoms with E-state index in [-0.39, 0.29) is 0 Å². The van der Waals surface area contributed by atoms with Gasteiger partial charge in [0.25, 0.3) is 0 Å². The molecule has 2 heteroatoms. The second-order valence-electron chi connectivity index (χ2n) is 2.38. The van der Waals surface area contributed by atoms with Crippen LogP contribution in [0.5, 0.6) is 0 Å². The van der Waals surface area contributed by atoms with Gasteiger partial charge >= 0.3 is 0 Å². The van der Waals surface area contributed by atoms with Gasteiger partial charge in [-0.3, -0.25) is 0 Å². The van der Waals surface area contributed by atoms with Crippen LogP contribution >= 0.6 is 23.5 Å². The minimum Gasteiger partial charge on any atom is -0.160 e. The van der Waals surface area contributed by atoms with Crippen molar-refractivity contribution in [1.82, 2.24) is 0 Å². The Morgan fingerprint density at radius 2 is 2.33 bits per heavy atom. The van der Waals surface area contributed by atoms with E-state index in [0.29, 0.717) is 0 Å². The summed E-state index contributed by atoms with van der Waals surface area (Å²) in [5, 5.41) is 1.02. The third-order valence-corrected chi connectivity index (χ3v) is 4.49. The van der Waals surface area contributed by atoms with E-state index in [1.807, 2.05) is 0 Å². The van der Waals surface area contributed by atoms with Crippen LogP contribution in [-0.2, 0) is 0 Å². The molecule has 1 rings (SSSR count). The first-order valence-electron chi connectivity index (χ1n) is 3.63. The molecule has 0 aliphatic carbocycles. The maximum Gasteiger partial charge on any atom is 0.0228 e. The van der Waals surface area contributed by atoms with Crippen molar-refractivity contribution in [3.05, 3.63) is 0 Å². The van der Waals surface area contributed by atoms with E-state index >= 15 is 0 Å². The molecular weight excluding hydrogens is 148 g/mol. The molecule has 1 saturated heterocycles. The van der Waals surface area contributed by atoms with Gasteiger partial charge in [-0.15, -0.1) is 0 Å². The van der Waals surface area contributed by atoms with Gasteiger partial charge in [-0.1, -0.05) is 13.3 Å². The van der Waals surface area contributed by atoms with Crippen molar-refractivity contribution in [2.75, 3.05) is 17.3 Å². The first-order chi connectivity index (χ1) is 4.43. The van der Waals surface area contributed by atoms with Gasteiger partial charge in [0.1, 0.15) is 0 Å². The van der Waals surface area contributed by atoms with Crippen molar-refractivity contribution in [3.8, 4) is 0 Å². The summed E-state index contributed by atoms with van der Waals surface area (Å²) in [6.07, 6.45) is 2.76. The summed E-state index contributed by atoms with van der Waals surface area (Å²) in [6, 6.07) is 0. The fourth-order valence-electron chi connectivity index (χ4n) is 0.705. The normalized spacial score (nSPS) is 19.7. The lowest BCUT2D eigenvalue weighted by Crippen LogP contribution is -2.20. The first-order valence-corrected chi connectivity index (χ1v) is 5.83. The van der Waals surface area contributed by atoms with E-state index in [4.69, 9.17) is 0 Å². The number of hydrogen-bond acceptors (Lipinski definition) is 2. The van der Waals surface area contributed by atoms with Gasteiger partial charge in [0.05, 0.1) is 0 Å². The van der Waals surface area contributed by atoms with Crippen molar-refractivity contribution in [3.63, 3.8) is 0 Å². The molecule has 1 heterocycles. The molecule has 1 fully saturated rings. The smallest absolute Gasteiger partial charge is 0.0228 e. The Balaban J connectivity index is 1.80. The molecule has 0 aromatic rings. The maximum absolute atomic E-state index is 2.26. The highest BCUT2D eigenvalue weighted by Gasteiger charge is 2.17. The Labute approximate surface area is 66.2 Å². The topological polar surface area (TPSA) is 0 Å². The van der Waals surface area contributed by atoms with Crippen LogP contribution in [0.2, 0.25) is 0 Å². The zero-order valence-electron chi connectivity index (χ0n) is 5.93. The summed E-state index contributed by atoms with van der Waals surface area (Å²) in [5.41, 5.74) is 0. The minimum absolute atomic E-state index is 1.02. The highest BCUT2D eigenvalue weighted by Crippen LogP contribution is 2.29. The second-order valence-corrected chi connectivity index (χ2v) is 4.87. The monoisotopic (exact) mass is 162 g/mol. The molecule has 0 unspecified atom stereocenters. The van der Waals surface area contributed by atoms with Crippen LogP contribution in [0.1, 0.15) is 19.8 Å². The van der Waals surface area contributed by atoms with Gasteiger partial charge in [0.2, 0.25) is 0 Å². The van der Waals surface area contributed by atoms with Gasteiger partial charge in [0, 0.05) is 16.8 Å². The third kappa shape index (κ3) is 2.85. The van der Waals surface area contributed by atoms with E-state index in [1.54, 1.807) is 0 Å². The van der Waals surface area contributed by atoms with E-state index in [1.165, 1.54) is 30.1 Å². The van der Waals surface area contributed by atoms with Crippen molar-refractivity contribution >= 4 is 23.5 Å². The van der Waals surface area contributed by atoms with Crippen LogP contribution < -0.4 is 0 Å². The molecule has 0 aromatic heterocycles. The van der Waals surface area contributed by atoms with E-state index in [0.717, 1.165) is 5.25 Å². The molecule has 0 atom stereocenters. The van der Waals surface area contributed by atoms with Gasteiger partial charge in [-0.05, 0) is 12.2 Å². The SMILES string of the molecule is CCCCSC1CSC1. The van der Waals surface area contributed by atoms with E-state index < -0.39 is 0 Å². The summed E-state index contributed by atoms with van der Waals surface area (Å²) < 4.78 is 0. The molecule has 1 aliphatic rings. The molecule has 0 aromatic carbocycles. The van der Waals surface area contributed by atoms with Crippen molar-refractivity contribution < 1.29 is 0 Å². The highest BCUT2D eigenvalue weighted by molar-refractivity contribution is 8.07. The van der Waals surface area contributed by atoms with Crippen LogP contribution in [0.3, 0.4) is 0 Å². The van der Waals surface area contributed by atoms with Gasteiger partial charge in [0.15, 0.2) is 0 Å². The average molecular weight is 162 g/mol. The molecule has 0 bridgehead atoms. The quantitative estimate of drug-likeness (QED) is 0.583. The number of thioether (sulfide) groups is 2. The fourth-order valence-corrected chi connectivity index (χ4v) is 3.27. The average Bonchev–Trinajstić information content (AvgIpc) is 1.76. The van der Waals surface area contributed by atoms with Crippen LogP contribution in [0.4, 0.5) is 0 Å². The van der Waals surface area contributed by atoms with E-state index in [9.17, 15) is 0 Å². The molecule has 0 amide bonds. The lowest BCUT2D eigenvalue weighted by atomic mass is 10.4. The molecule has 0 N–H and O–H groups in total. The van der Waals surface area contributed by atoms with Crippen LogP contribution in [-0.4, -0.2) is 22.5 Å². The lowest BCUT2D eigenvalue weighted by Gasteiger charge is -2.23. The standard InChI is InChI=1S/C7H14S2/c1-2-3-4-9-7-5-8-6-7/h7H,2-6H2,1H3. The Kier molecular flexibility index (Phi) is 3.91. The molecule has 0 radical (unpaired) electrons. The Morgan fingerprint density at radius 1 is 1.56 bits per heavy atom. The predicted molar refractivity (Wildman–Crippen MR) is 48.5 cm³/mol. The van der Waals surface area contributed by atoms with Crippen molar-refractivity contribution in [2.45, 2.75) is 25.0 Å². The molecular formula is C7H14S2. The Morgan fingerprint density at radius 3 is 2.78 bits per heavy atom. The van der Waals surface area contributed by atoms with Crippen molar-refractivity contribution in [2.24, 2.45) is 0 Å². The first kappa shape index (κ1) is 7.80. The van der Waals surface area contributed by atoms with Gasteiger partial charge < -0.3 is 0 Å². The predicted octanol–water partition coefficient (Wildman–Crippen LogP) is 2.64. The third-order valence-electron chi connectivity index (χ3n) is 1.46. The van der Waals surface area contributed by atoms with Gasteiger partial charge in [-0.2, -0.15) is 23.5 Å². The van der Waals surface area contributed by atoms with Crippen LogP contribution in [0.25, 0.3) is 0 Å². The molecule has 54 valence electrons. The number of rotatable bonds is 4. The number of hydrogen-bond donors (Lipinski definition) is 0. The fraction of sp³-hybridized carbons (Fsp3) is 1.00. The van der Waals surface area contributed by atoms with Crippen LogP contribution in [0, 0.1) is 0 Å². The summed E-state index contributed by atoms with van der Waals surface area (Å²) >= 11 is 4.25.